The van der Waals surface area contributed by atoms with Crippen LogP contribution in [0.1, 0.15) is 28.1 Å². The summed E-state index contributed by atoms with van der Waals surface area (Å²) in [4.78, 5) is 18.0. The van der Waals surface area contributed by atoms with Gasteiger partial charge in [0.2, 0.25) is 0 Å². The van der Waals surface area contributed by atoms with E-state index >= 15 is 0 Å². The first-order valence-corrected chi connectivity index (χ1v) is 8.56. The van der Waals surface area contributed by atoms with Gasteiger partial charge in [0.05, 0.1) is 5.69 Å². The van der Waals surface area contributed by atoms with E-state index in [0.29, 0.717) is 15.8 Å². The van der Waals surface area contributed by atoms with Gasteiger partial charge in [-0.3, -0.25) is 4.79 Å². The van der Waals surface area contributed by atoms with E-state index in [1.165, 1.54) is 29.9 Å². The molecule has 3 rings (SSSR count). The Balaban J connectivity index is 1.80. The standard InChI is InChI=1S/C14H17N3OS2/c1-8-4-5-16-14-10(8)11(15)12(20-14)13(18)17-7-9-3-2-6-19-9/h4-5,9H,2-3,6-7,15H2,1H3,(H,17,18). The van der Waals surface area contributed by atoms with E-state index in [0.717, 1.165) is 22.3 Å². The van der Waals surface area contributed by atoms with Crippen molar-refractivity contribution < 1.29 is 4.79 Å². The topological polar surface area (TPSA) is 68.0 Å². The number of hydrogen-bond donors (Lipinski definition) is 2. The van der Waals surface area contributed by atoms with E-state index in [1.807, 2.05) is 24.8 Å². The average molecular weight is 307 g/mol. The zero-order chi connectivity index (χ0) is 14.1. The van der Waals surface area contributed by atoms with E-state index in [2.05, 4.69) is 10.3 Å². The van der Waals surface area contributed by atoms with Gasteiger partial charge < -0.3 is 11.1 Å². The molecule has 2 aromatic heterocycles. The van der Waals surface area contributed by atoms with Crippen molar-refractivity contribution in [1.29, 1.82) is 0 Å². The number of aryl methyl sites for hydroxylation is 1. The normalized spacial score (nSPS) is 18.6. The molecule has 6 heteroatoms. The second-order valence-corrected chi connectivity index (χ2v) is 7.41. The first-order valence-electron chi connectivity index (χ1n) is 6.70. The van der Waals surface area contributed by atoms with Gasteiger partial charge in [-0.15, -0.1) is 11.3 Å². The number of aromatic nitrogens is 1. The first-order chi connectivity index (χ1) is 9.66. The quantitative estimate of drug-likeness (QED) is 0.915. The summed E-state index contributed by atoms with van der Waals surface area (Å²) in [5.41, 5.74) is 7.76. The Morgan fingerprint density at radius 2 is 2.45 bits per heavy atom. The lowest BCUT2D eigenvalue weighted by Crippen LogP contribution is -2.29. The van der Waals surface area contributed by atoms with Gasteiger partial charge >= 0.3 is 0 Å². The Hall–Kier alpha value is -1.27. The number of anilines is 1. The fourth-order valence-corrected chi connectivity index (χ4v) is 4.72. The molecule has 0 radical (unpaired) electrons. The number of carbonyl (C=O) groups excluding carboxylic acids is 1. The number of nitrogen functional groups attached to an aromatic ring is 1. The van der Waals surface area contributed by atoms with Crippen LogP contribution in [-0.2, 0) is 0 Å². The Labute approximate surface area is 126 Å². The number of thioether (sulfide) groups is 1. The summed E-state index contributed by atoms with van der Waals surface area (Å²) in [6, 6.07) is 1.92. The van der Waals surface area contributed by atoms with Crippen molar-refractivity contribution in [3.05, 3.63) is 22.7 Å². The van der Waals surface area contributed by atoms with Gasteiger partial charge in [0.1, 0.15) is 9.71 Å². The number of rotatable bonds is 3. The first kappa shape index (κ1) is 13.7. The minimum Gasteiger partial charge on any atom is -0.397 e. The summed E-state index contributed by atoms with van der Waals surface area (Å²) >= 11 is 3.31. The predicted octanol–water partition coefficient (Wildman–Crippen LogP) is 2.81. The van der Waals surface area contributed by atoms with Gasteiger partial charge in [0, 0.05) is 23.4 Å². The van der Waals surface area contributed by atoms with Crippen molar-refractivity contribution in [3.63, 3.8) is 0 Å². The molecular weight excluding hydrogens is 290 g/mol. The van der Waals surface area contributed by atoms with Gasteiger partial charge in [0.25, 0.3) is 5.91 Å². The van der Waals surface area contributed by atoms with Crippen molar-refractivity contribution in [2.45, 2.75) is 25.0 Å². The molecule has 4 nitrogen and oxygen atoms in total. The number of thiophene rings is 1. The van der Waals surface area contributed by atoms with Crippen LogP contribution < -0.4 is 11.1 Å². The van der Waals surface area contributed by atoms with Crippen LogP contribution in [0, 0.1) is 6.92 Å². The average Bonchev–Trinajstić information content (AvgIpc) is 3.05. The molecule has 1 saturated heterocycles. The molecule has 0 aliphatic carbocycles. The van der Waals surface area contributed by atoms with Crippen LogP contribution in [-0.4, -0.2) is 28.4 Å². The number of nitrogens with two attached hydrogens (primary N) is 1. The minimum absolute atomic E-state index is 0.0719. The molecule has 0 saturated carbocycles. The van der Waals surface area contributed by atoms with Crippen LogP contribution in [0.2, 0.25) is 0 Å². The van der Waals surface area contributed by atoms with E-state index in [1.54, 1.807) is 6.20 Å². The van der Waals surface area contributed by atoms with Crippen molar-refractivity contribution in [2.24, 2.45) is 0 Å². The van der Waals surface area contributed by atoms with Crippen molar-refractivity contribution in [1.82, 2.24) is 10.3 Å². The molecule has 0 spiro atoms. The molecule has 20 heavy (non-hydrogen) atoms. The van der Waals surface area contributed by atoms with Crippen molar-refractivity contribution in [2.75, 3.05) is 18.0 Å². The zero-order valence-corrected chi connectivity index (χ0v) is 12.9. The molecule has 1 aliphatic rings. The summed E-state index contributed by atoms with van der Waals surface area (Å²) < 4.78 is 0. The molecular formula is C14H17N3OS2. The zero-order valence-electron chi connectivity index (χ0n) is 11.3. The Bertz CT molecular complexity index is 647. The molecule has 1 aliphatic heterocycles. The van der Waals surface area contributed by atoms with Crippen LogP contribution in [0.5, 0.6) is 0 Å². The van der Waals surface area contributed by atoms with Crippen molar-refractivity contribution >= 4 is 44.9 Å². The van der Waals surface area contributed by atoms with Crippen LogP contribution in [0.25, 0.3) is 10.2 Å². The third-order valence-corrected chi connectivity index (χ3v) is 6.07. The molecule has 1 unspecified atom stereocenters. The molecule has 1 atom stereocenters. The van der Waals surface area contributed by atoms with Gasteiger partial charge in [-0.05, 0) is 37.1 Å². The van der Waals surface area contributed by atoms with E-state index in [-0.39, 0.29) is 5.91 Å². The van der Waals surface area contributed by atoms with Crippen LogP contribution >= 0.6 is 23.1 Å². The summed E-state index contributed by atoms with van der Waals surface area (Å²) in [7, 11) is 0. The monoisotopic (exact) mass is 307 g/mol. The van der Waals surface area contributed by atoms with Gasteiger partial charge in [-0.25, -0.2) is 4.98 Å². The molecule has 1 amide bonds. The highest BCUT2D eigenvalue weighted by Crippen LogP contribution is 2.34. The molecule has 2 aromatic rings. The highest BCUT2D eigenvalue weighted by molar-refractivity contribution is 8.00. The maximum atomic E-state index is 12.3. The Morgan fingerprint density at radius 1 is 1.60 bits per heavy atom. The molecule has 3 heterocycles. The largest absolute Gasteiger partial charge is 0.397 e. The highest BCUT2D eigenvalue weighted by atomic mass is 32.2. The fraction of sp³-hybridized carbons (Fsp3) is 0.429. The number of nitrogens with one attached hydrogen (secondary N) is 1. The van der Waals surface area contributed by atoms with Gasteiger partial charge in [-0.2, -0.15) is 11.8 Å². The Morgan fingerprint density at radius 3 is 3.15 bits per heavy atom. The lowest BCUT2D eigenvalue weighted by Gasteiger charge is -2.09. The second-order valence-electron chi connectivity index (χ2n) is 5.00. The summed E-state index contributed by atoms with van der Waals surface area (Å²) in [6.45, 7) is 2.72. The summed E-state index contributed by atoms with van der Waals surface area (Å²) in [5, 5.41) is 4.47. The second kappa shape index (κ2) is 5.61. The van der Waals surface area contributed by atoms with Crippen molar-refractivity contribution in [3.8, 4) is 0 Å². The smallest absolute Gasteiger partial charge is 0.263 e. The lowest BCUT2D eigenvalue weighted by molar-refractivity contribution is 0.0958. The molecule has 0 bridgehead atoms. The number of hydrogen-bond acceptors (Lipinski definition) is 5. The van der Waals surface area contributed by atoms with Gasteiger partial charge in [-0.1, -0.05) is 0 Å². The summed E-state index contributed by atoms with van der Waals surface area (Å²) in [6.07, 6.45) is 4.19. The van der Waals surface area contributed by atoms with Crippen LogP contribution in [0.15, 0.2) is 12.3 Å². The number of amides is 1. The van der Waals surface area contributed by atoms with E-state index < -0.39 is 0 Å². The van der Waals surface area contributed by atoms with E-state index in [9.17, 15) is 4.79 Å². The molecule has 3 N–H and O–H groups in total. The highest BCUT2D eigenvalue weighted by Gasteiger charge is 2.20. The minimum atomic E-state index is -0.0719. The van der Waals surface area contributed by atoms with Crippen LogP contribution in [0.3, 0.4) is 0 Å². The number of pyridine rings is 1. The number of carbonyl (C=O) groups is 1. The maximum absolute atomic E-state index is 12.3. The van der Waals surface area contributed by atoms with E-state index in [4.69, 9.17) is 5.73 Å². The molecule has 0 aromatic carbocycles. The molecule has 1 fully saturated rings. The fourth-order valence-electron chi connectivity index (χ4n) is 2.46. The predicted molar refractivity (Wildman–Crippen MR) is 86.6 cm³/mol. The summed E-state index contributed by atoms with van der Waals surface area (Å²) in [5.74, 6) is 1.13. The molecule has 106 valence electrons. The van der Waals surface area contributed by atoms with Gasteiger partial charge in [0.15, 0.2) is 0 Å². The van der Waals surface area contributed by atoms with Crippen LogP contribution in [0.4, 0.5) is 5.69 Å². The third-order valence-electron chi connectivity index (χ3n) is 3.56. The number of nitrogens with zero attached hydrogens (tertiary/aromatic N) is 1. The lowest BCUT2D eigenvalue weighted by atomic mass is 10.1. The Kier molecular flexibility index (Phi) is 3.85. The third kappa shape index (κ3) is 2.50. The number of fused-ring (bicyclic) bond motifs is 1. The SMILES string of the molecule is Cc1ccnc2sc(C(=O)NCC3CCCS3)c(N)c12. The maximum Gasteiger partial charge on any atom is 0.263 e.